The van der Waals surface area contributed by atoms with E-state index in [0.29, 0.717) is 29.1 Å². The number of rotatable bonds is 4. The van der Waals surface area contributed by atoms with Crippen molar-refractivity contribution in [2.45, 2.75) is 33.2 Å². The van der Waals surface area contributed by atoms with Gasteiger partial charge >= 0.3 is 0 Å². The van der Waals surface area contributed by atoms with Gasteiger partial charge in [0.25, 0.3) is 5.91 Å². The molecule has 0 aliphatic carbocycles. The van der Waals surface area contributed by atoms with E-state index >= 15 is 0 Å². The van der Waals surface area contributed by atoms with Crippen LogP contribution in [0.25, 0.3) is 0 Å². The van der Waals surface area contributed by atoms with Crippen molar-refractivity contribution in [2.24, 2.45) is 5.92 Å². The number of hydrogen-bond donors (Lipinski definition) is 2. The van der Waals surface area contributed by atoms with Crippen molar-refractivity contribution in [2.75, 3.05) is 29.6 Å². The maximum atomic E-state index is 11.4. The van der Waals surface area contributed by atoms with Crippen LogP contribution < -0.4 is 20.7 Å². The van der Waals surface area contributed by atoms with Crippen LogP contribution in [0.5, 0.6) is 5.75 Å². The van der Waals surface area contributed by atoms with Crippen LogP contribution in [0.4, 0.5) is 17.1 Å². The highest BCUT2D eigenvalue weighted by atomic mass is 16.5. The molecule has 1 heterocycles. The van der Waals surface area contributed by atoms with E-state index < -0.39 is 0 Å². The molecule has 1 unspecified atom stereocenters. The molecular weight excluding hydrogens is 254 g/mol. The summed E-state index contributed by atoms with van der Waals surface area (Å²) in [5.41, 5.74) is 8.39. The number of carbonyl (C=O) groups is 1. The van der Waals surface area contributed by atoms with Gasteiger partial charge in [-0.1, -0.05) is 13.8 Å². The molecule has 5 nitrogen and oxygen atoms in total. The summed E-state index contributed by atoms with van der Waals surface area (Å²) in [6, 6.07) is 4.04. The summed E-state index contributed by atoms with van der Waals surface area (Å²) < 4.78 is 5.37. The summed E-state index contributed by atoms with van der Waals surface area (Å²) in [5.74, 6) is 1.12. The van der Waals surface area contributed by atoms with Gasteiger partial charge in [0.15, 0.2) is 6.61 Å². The van der Waals surface area contributed by atoms with Crippen LogP contribution in [0.15, 0.2) is 12.1 Å². The highest BCUT2D eigenvalue weighted by molar-refractivity contribution is 5.97. The van der Waals surface area contributed by atoms with E-state index in [1.807, 2.05) is 13.1 Å². The summed E-state index contributed by atoms with van der Waals surface area (Å²) in [6.07, 6.45) is 1.08. The Morgan fingerprint density at radius 2 is 2.10 bits per heavy atom. The molecule has 0 radical (unpaired) electrons. The van der Waals surface area contributed by atoms with Crippen molar-refractivity contribution < 1.29 is 9.53 Å². The van der Waals surface area contributed by atoms with Crippen molar-refractivity contribution in [3.63, 3.8) is 0 Å². The van der Waals surface area contributed by atoms with Crippen LogP contribution in [0.1, 0.15) is 27.2 Å². The molecule has 0 bridgehead atoms. The van der Waals surface area contributed by atoms with Gasteiger partial charge in [0.1, 0.15) is 5.75 Å². The Bertz CT molecular complexity index is 514. The highest BCUT2D eigenvalue weighted by Crippen LogP contribution is 2.37. The van der Waals surface area contributed by atoms with E-state index in [4.69, 9.17) is 10.5 Å². The van der Waals surface area contributed by atoms with Crippen molar-refractivity contribution in [1.29, 1.82) is 0 Å². The third-order valence-corrected chi connectivity index (χ3v) is 3.62. The molecular formula is C15H23N3O2. The zero-order valence-electron chi connectivity index (χ0n) is 12.6. The molecule has 2 rings (SSSR count). The third kappa shape index (κ3) is 2.98. The predicted octanol–water partition coefficient (Wildman–Crippen LogP) is 2.47. The first-order valence-electron chi connectivity index (χ1n) is 6.97. The molecule has 0 saturated heterocycles. The maximum absolute atomic E-state index is 11.4. The van der Waals surface area contributed by atoms with Crippen LogP contribution in [0, 0.1) is 5.92 Å². The number of carbonyl (C=O) groups excluding carboxylic acids is 1. The van der Waals surface area contributed by atoms with E-state index in [9.17, 15) is 4.79 Å². The largest absolute Gasteiger partial charge is 0.482 e. The van der Waals surface area contributed by atoms with E-state index in [1.54, 1.807) is 6.07 Å². The fraction of sp³-hybridized carbons (Fsp3) is 0.533. The maximum Gasteiger partial charge on any atom is 0.262 e. The number of nitrogens with one attached hydrogen (secondary N) is 1. The number of ether oxygens (including phenoxy) is 1. The Kier molecular flexibility index (Phi) is 4.06. The minimum atomic E-state index is -0.133. The van der Waals surface area contributed by atoms with Crippen molar-refractivity contribution >= 4 is 23.0 Å². The van der Waals surface area contributed by atoms with Crippen LogP contribution in [-0.4, -0.2) is 25.6 Å². The lowest BCUT2D eigenvalue weighted by atomic mass is 10.0. The average molecular weight is 277 g/mol. The molecule has 1 aromatic carbocycles. The fourth-order valence-electron chi connectivity index (χ4n) is 2.51. The second-order valence-corrected chi connectivity index (χ2v) is 5.83. The fourth-order valence-corrected chi connectivity index (χ4v) is 2.51. The number of nitrogens with two attached hydrogens (primary N) is 1. The number of hydrogen-bond acceptors (Lipinski definition) is 4. The second kappa shape index (κ2) is 5.61. The normalized spacial score (nSPS) is 15.3. The first-order valence-corrected chi connectivity index (χ1v) is 6.97. The molecule has 0 saturated carbocycles. The Morgan fingerprint density at radius 1 is 1.40 bits per heavy atom. The number of amides is 1. The third-order valence-electron chi connectivity index (χ3n) is 3.62. The van der Waals surface area contributed by atoms with E-state index in [-0.39, 0.29) is 12.5 Å². The van der Waals surface area contributed by atoms with Gasteiger partial charge in [-0.05, 0) is 25.3 Å². The second-order valence-electron chi connectivity index (χ2n) is 5.83. The van der Waals surface area contributed by atoms with Gasteiger partial charge in [-0.2, -0.15) is 0 Å². The molecule has 0 fully saturated rings. The van der Waals surface area contributed by atoms with Crippen molar-refractivity contribution in [3.05, 3.63) is 12.1 Å². The minimum Gasteiger partial charge on any atom is -0.482 e. The number of nitrogen functional groups attached to an aromatic ring is 1. The highest BCUT2D eigenvalue weighted by Gasteiger charge is 2.21. The summed E-state index contributed by atoms with van der Waals surface area (Å²) in [6.45, 7) is 6.63. The van der Waals surface area contributed by atoms with Gasteiger partial charge in [0, 0.05) is 19.2 Å². The van der Waals surface area contributed by atoms with Crippen LogP contribution >= 0.6 is 0 Å². The molecule has 0 spiro atoms. The Morgan fingerprint density at radius 3 is 2.75 bits per heavy atom. The molecule has 1 aromatic rings. The molecule has 0 aromatic heterocycles. The van der Waals surface area contributed by atoms with E-state index in [0.717, 1.165) is 12.1 Å². The Labute approximate surface area is 120 Å². The molecule has 1 aliphatic heterocycles. The average Bonchev–Trinajstić information content (AvgIpc) is 2.36. The lowest BCUT2D eigenvalue weighted by Crippen LogP contribution is -2.31. The SMILES string of the molecule is CC(C)CC(C)N(C)c1cc2c(cc1N)OCC(=O)N2. The van der Waals surface area contributed by atoms with E-state index in [1.165, 1.54) is 0 Å². The first kappa shape index (κ1) is 14.5. The molecule has 110 valence electrons. The molecule has 5 heteroatoms. The number of anilines is 3. The first-order chi connectivity index (χ1) is 9.38. The molecule has 20 heavy (non-hydrogen) atoms. The van der Waals surface area contributed by atoms with Gasteiger partial charge in [0.2, 0.25) is 0 Å². The van der Waals surface area contributed by atoms with Crippen LogP contribution in [-0.2, 0) is 4.79 Å². The topological polar surface area (TPSA) is 67.6 Å². The predicted molar refractivity (Wildman–Crippen MR) is 82.3 cm³/mol. The zero-order chi connectivity index (χ0) is 14.9. The van der Waals surface area contributed by atoms with Gasteiger partial charge in [-0.15, -0.1) is 0 Å². The number of benzene rings is 1. The Balaban J connectivity index is 2.27. The zero-order valence-corrected chi connectivity index (χ0v) is 12.6. The van der Waals surface area contributed by atoms with Gasteiger partial charge in [-0.25, -0.2) is 0 Å². The standard InChI is InChI=1S/C15H23N3O2/c1-9(2)5-10(3)18(4)13-7-12-14(6-11(13)16)20-8-15(19)17-12/h6-7,9-10H,5,8,16H2,1-4H3,(H,17,19). The Hall–Kier alpha value is -1.91. The molecule has 1 aliphatic rings. The van der Waals surface area contributed by atoms with Crippen LogP contribution in [0.3, 0.4) is 0 Å². The minimum absolute atomic E-state index is 0.0470. The van der Waals surface area contributed by atoms with E-state index in [2.05, 4.69) is 31.0 Å². The number of nitrogens with zero attached hydrogens (tertiary/aromatic N) is 1. The molecule has 1 amide bonds. The summed E-state index contributed by atoms with van der Waals surface area (Å²) in [5, 5.41) is 2.82. The summed E-state index contributed by atoms with van der Waals surface area (Å²) in [7, 11) is 2.02. The lowest BCUT2D eigenvalue weighted by molar-refractivity contribution is -0.118. The smallest absolute Gasteiger partial charge is 0.262 e. The van der Waals surface area contributed by atoms with Crippen molar-refractivity contribution in [1.82, 2.24) is 0 Å². The van der Waals surface area contributed by atoms with Crippen molar-refractivity contribution in [3.8, 4) is 5.75 Å². The number of fused-ring (bicyclic) bond motifs is 1. The van der Waals surface area contributed by atoms with Gasteiger partial charge < -0.3 is 20.7 Å². The van der Waals surface area contributed by atoms with Gasteiger partial charge in [-0.3, -0.25) is 4.79 Å². The van der Waals surface area contributed by atoms with Crippen LogP contribution in [0.2, 0.25) is 0 Å². The summed E-state index contributed by atoms with van der Waals surface area (Å²) >= 11 is 0. The summed E-state index contributed by atoms with van der Waals surface area (Å²) in [4.78, 5) is 13.5. The molecule has 1 atom stereocenters. The monoisotopic (exact) mass is 277 g/mol. The lowest BCUT2D eigenvalue weighted by Gasteiger charge is -2.31. The molecule has 3 N–H and O–H groups in total. The quantitative estimate of drug-likeness (QED) is 0.830. The van der Waals surface area contributed by atoms with Gasteiger partial charge in [0.05, 0.1) is 17.1 Å².